The molecule has 1 aromatic carbocycles. The lowest BCUT2D eigenvalue weighted by Gasteiger charge is -2.25. The van der Waals surface area contributed by atoms with E-state index in [0.717, 1.165) is 27.6 Å². The number of nitrogens with two attached hydrogens (primary N) is 1. The molecule has 0 radical (unpaired) electrons. The summed E-state index contributed by atoms with van der Waals surface area (Å²) in [6, 6.07) is 6.24. The topological polar surface area (TPSA) is 51.4 Å². The minimum absolute atomic E-state index is 0.401. The fourth-order valence-corrected chi connectivity index (χ4v) is 2.99. The summed E-state index contributed by atoms with van der Waals surface area (Å²) < 4.78 is 6.28. The smallest absolute Gasteiger partial charge is 0.186 e. The van der Waals surface area contributed by atoms with Gasteiger partial charge in [-0.05, 0) is 32.0 Å². The highest BCUT2D eigenvalue weighted by Gasteiger charge is 2.15. The molecule has 0 atom stereocenters. The van der Waals surface area contributed by atoms with Gasteiger partial charge in [-0.15, -0.1) is 0 Å². The Morgan fingerprint density at radius 2 is 2.22 bits per heavy atom. The van der Waals surface area contributed by atoms with Gasteiger partial charge in [0, 0.05) is 25.4 Å². The van der Waals surface area contributed by atoms with E-state index in [9.17, 15) is 0 Å². The Morgan fingerprint density at radius 3 is 2.89 bits per heavy atom. The van der Waals surface area contributed by atoms with Gasteiger partial charge < -0.3 is 15.4 Å². The number of ether oxygens (including phenoxy) is 1. The van der Waals surface area contributed by atoms with Crippen LogP contribution in [-0.4, -0.2) is 31.3 Å². The molecule has 4 nitrogen and oxygen atoms in total. The molecule has 5 heteroatoms. The molecule has 0 amide bonds. The monoisotopic (exact) mass is 265 g/mol. The van der Waals surface area contributed by atoms with Crippen LogP contribution in [0.3, 0.4) is 0 Å². The minimum Gasteiger partial charge on any atom is -0.399 e. The number of methoxy groups -OCH3 is 1. The fourth-order valence-electron chi connectivity index (χ4n) is 1.82. The predicted octanol–water partition coefficient (Wildman–Crippen LogP) is 2.74. The van der Waals surface area contributed by atoms with E-state index in [4.69, 9.17) is 10.5 Å². The van der Waals surface area contributed by atoms with Crippen molar-refractivity contribution in [3.05, 3.63) is 18.2 Å². The molecule has 0 spiro atoms. The summed E-state index contributed by atoms with van der Waals surface area (Å²) in [5.41, 5.74) is 7.58. The van der Waals surface area contributed by atoms with Gasteiger partial charge in [-0.25, -0.2) is 4.98 Å². The Labute approximate surface area is 111 Å². The number of nitrogen functional groups attached to an aromatic ring is 1. The van der Waals surface area contributed by atoms with E-state index < -0.39 is 0 Å². The van der Waals surface area contributed by atoms with Gasteiger partial charge in [0.05, 0.1) is 16.8 Å². The van der Waals surface area contributed by atoms with Crippen molar-refractivity contribution in [1.29, 1.82) is 0 Å². The first kappa shape index (κ1) is 13.1. The largest absolute Gasteiger partial charge is 0.399 e. The van der Waals surface area contributed by atoms with Gasteiger partial charge in [-0.2, -0.15) is 0 Å². The molecule has 0 aliphatic carbocycles. The summed E-state index contributed by atoms with van der Waals surface area (Å²) in [7, 11) is 1.72. The van der Waals surface area contributed by atoms with Gasteiger partial charge in [0.2, 0.25) is 0 Å². The van der Waals surface area contributed by atoms with Crippen LogP contribution in [0.4, 0.5) is 10.8 Å². The number of nitrogens with zero attached hydrogens (tertiary/aromatic N) is 2. The standard InChI is InChI=1S/C13H19N3OS/c1-9(2)16(6-7-17-3)13-15-11-5-4-10(14)8-12(11)18-13/h4-5,8-9H,6-7,14H2,1-3H3. The lowest BCUT2D eigenvalue weighted by molar-refractivity contribution is 0.204. The minimum atomic E-state index is 0.401. The zero-order valence-corrected chi connectivity index (χ0v) is 11.8. The van der Waals surface area contributed by atoms with E-state index in [1.807, 2.05) is 18.2 Å². The molecular formula is C13H19N3OS. The number of anilines is 2. The maximum Gasteiger partial charge on any atom is 0.186 e. The first-order valence-corrected chi connectivity index (χ1v) is 6.85. The lowest BCUT2D eigenvalue weighted by atomic mass is 10.3. The number of rotatable bonds is 5. The molecule has 0 bridgehead atoms. The van der Waals surface area contributed by atoms with E-state index in [1.54, 1.807) is 18.4 Å². The molecule has 1 heterocycles. The summed E-state index contributed by atoms with van der Waals surface area (Å²) in [5.74, 6) is 0. The van der Waals surface area contributed by atoms with Crippen LogP contribution in [0, 0.1) is 0 Å². The first-order valence-electron chi connectivity index (χ1n) is 6.03. The van der Waals surface area contributed by atoms with Crippen molar-refractivity contribution in [3.8, 4) is 0 Å². The van der Waals surface area contributed by atoms with Crippen molar-refractivity contribution in [3.63, 3.8) is 0 Å². The third-order valence-electron chi connectivity index (χ3n) is 2.81. The van der Waals surface area contributed by atoms with Gasteiger partial charge in [-0.3, -0.25) is 0 Å². The van der Waals surface area contributed by atoms with Crippen molar-refractivity contribution in [2.75, 3.05) is 30.9 Å². The molecule has 18 heavy (non-hydrogen) atoms. The molecule has 0 saturated carbocycles. The fraction of sp³-hybridized carbons (Fsp3) is 0.462. The Hall–Kier alpha value is -1.33. The lowest BCUT2D eigenvalue weighted by Crippen LogP contribution is -2.33. The number of aromatic nitrogens is 1. The van der Waals surface area contributed by atoms with Crippen molar-refractivity contribution in [1.82, 2.24) is 4.98 Å². The summed E-state index contributed by atoms with van der Waals surface area (Å²) in [5, 5.41) is 1.03. The molecule has 1 aromatic heterocycles. The van der Waals surface area contributed by atoms with Gasteiger partial charge in [0.15, 0.2) is 5.13 Å². The average Bonchev–Trinajstić information content (AvgIpc) is 2.71. The van der Waals surface area contributed by atoms with Crippen LogP contribution in [0.1, 0.15) is 13.8 Å². The van der Waals surface area contributed by atoms with Gasteiger partial charge in [0.25, 0.3) is 0 Å². The molecule has 98 valence electrons. The molecule has 2 aromatic rings. The Kier molecular flexibility index (Phi) is 4.04. The Morgan fingerprint density at radius 1 is 1.44 bits per heavy atom. The highest BCUT2D eigenvalue weighted by Crippen LogP contribution is 2.30. The second kappa shape index (κ2) is 5.54. The van der Waals surface area contributed by atoms with Crippen molar-refractivity contribution < 1.29 is 4.74 Å². The molecule has 0 fully saturated rings. The second-order valence-corrected chi connectivity index (χ2v) is 5.51. The molecule has 0 unspecified atom stereocenters. The van der Waals surface area contributed by atoms with E-state index in [1.165, 1.54) is 0 Å². The zero-order chi connectivity index (χ0) is 13.1. The van der Waals surface area contributed by atoms with Crippen LogP contribution in [0.2, 0.25) is 0 Å². The van der Waals surface area contributed by atoms with E-state index in [-0.39, 0.29) is 0 Å². The van der Waals surface area contributed by atoms with Crippen LogP contribution in [0.15, 0.2) is 18.2 Å². The number of thiazole rings is 1. The molecule has 0 saturated heterocycles. The SMILES string of the molecule is COCCN(c1nc2ccc(N)cc2s1)C(C)C. The molecule has 0 aliphatic heterocycles. The van der Waals surface area contributed by atoms with Gasteiger partial charge >= 0.3 is 0 Å². The van der Waals surface area contributed by atoms with Gasteiger partial charge in [-0.1, -0.05) is 11.3 Å². The van der Waals surface area contributed by atoms with Crippen LogP contribution in [0.25, 0.3) is 10.2 Å². The third kappa shape index (κ3) is 2.73. The summed E-state index contributed by atoms with van der Waals surface area (Å²) in [6.45, 7) is 5.88. The van der Waals surface area contributed by atoms with Crippen LogP contribution < -0.4 is 10.6 Å². The van der Waals surface area contributed by atoms with E-state index >= 15 is 0 Å². The Bertz CT molecular complexity index is 524. The summed E-state index contributed by atoms with van der Waals surface area (Å²) in [6.07, 6.45) is 0. The third-order valence-corrected chi connectivity index (χ3v) is 3.86. The number of hydrogen-bond donors (Lipinski definition) is 1. The van der Waals surface area contributed by atoms with Crippen molar-refractivity contribution in [2.45, 2.75) is 19.9 Å². The van der Waals surface area contributed by atoms with Crippen LogP contribution in [0.5, 0.6) is 0 Å². The number of hydrogen-bond acceptors (Lipinski definition) is 5. The number of benzene rings is 1. The normalized spacial score (nSPS) is 11.3. The van der Waals surface area contributed by atoms with E-state index in [0.29, 0.717) is 12.6 Å². The maximum atomic E-state index is 5.79. The zero-order valence-electron chi connectivity index (χ0n) is 11.0. The predicted molar refractivity (Wildman–Crippen MR) is 78.4 cm³/mol. The van der Waals surface area contributed by atoms with Crippen LogP contribution in [-0.2, 0) is 4.74 Å². The van der Waals surface area contributed by atoms with E-state index in [2.05, 4.69) is 23.7 Å². The van der Waals surface area contributed by atoms with Crippen molar-refractivity contribution in [2.24, 2.45) is 0 Å². The number of fused-ring (bicyclic) bond motifs is 1. The molecular weight excluding hydrogens is 246 g/mol. The molecule has 2 N–H and O–H groups in total. The summed E-state index contributed by atoms with van der Waals surface area (Å²) in [4.78, 5) is 6.92. The van der Waals surface area contributed by atoms with Crippen LogP contribution >= 0.6 is 11.3 Å². The highest BCUT2D eigenvalue weighted by atomic mass is 32.1. The summed E-state index contributed by atoms with van der Waals surface area (Å²) >= 11 is 1.68. The van der Waals surface area contributed by atoms with Gasteiger partial charge in [0.1, 0.15) is 0 Å². The highest BCUT2D eigenvalue weighted by molar-refractivity contribution is 7.22. The quantitative estimate of drug-likeness (QED) is 0.845. The average molecular weight is 265 g/mol. The molecule has 0 aliphatic rings. The first-order chi connectivity index (χ1) is 8.61. The Balaban J connectivity index is 2.32. The molecule has 2 rings (SSSR count). The second-order valence-electron chi connectivity index (χ2n) is 4.50. The van der Waals surface area contributed by atoms with Crippen molar-refractivity contribution >= 4 is 32.4 Å². The maximum absolute atomic E-state index is 5.79.